The summed E-state index contributed by atoms with van der Waals surface area (Å²) in [6, 6.07) is -0.207. The number of hydrogen-bond donors (Lipinski definition) is 1. The third-order valence-electron chi connectivity index (χ3n) is 2.59. The molecular weight excluding hydrogens is 198 g/mol. The topological polar surface area (TPSA) is 40.5 Å². The molecule has 1 N–H and O–H groups in total. The molecule has 1 atom stereocenters. The quantitative estimate of drug-likeness (QED) is 0.687. The Morgan fingerprint density at radius 3 is 3.07 bits per heavy atom. The third-order valence-corrected chi connectivity index (χ3v) is 3.57. The molecule has 0 aromatic rings. The van der Waals surface area contributed by atoms with E-state index in [1.54, 1.807) is 0 Å². The van der Waals surface area contributed by atoms with Crippen molar-refractivity contribution >= 4 is 17.7 Å². The summed E-state index contributed by atoms with van der Waals surface area (Å²) < 4.78 is 0. The molecule has 1 aliphatic rings. The molecule has 0 aromatic carbocycles. The van der Waals surface area contributed by atoms with E-state index < -0.39 is 5.97 Å². The number of carbonyl (C=O) groups is 1. The van der Waals surface area contributed by atoms with E-state index in [0.717, 1.165) is 43.9 Å². The lowest BCUT2D eigenvalue weighted by Gasteiger charge is -2.20. The largest absolute Gasteiger partial charge is 0.480 e. The van der Waals surface area contributed by atoms with Gasteiger partial charge in [0.2, 0.25) is 0 Å². The number of rotatable bonds is 6. The molecule has 0 aromatic heterocycles. The van der Waals surface area contributed by atoms with Gasteiger partial charge in [0.25, 0.3) is 0 Å². The van der Waals surface area contributed by atoms with Crippen LogP contribution >= 0.6 is 11.8 Å². The van der Waals surface area contributed by atoms with Gasteiger partial charge in [-0.2, -0.15) is 11.8 Å². The Kier molecular flexibility index (Phi) is 5.33. The number of aliphatic carboxylic acids is 1. The lowest BCUT2D eigenvalue weighted by molar-refractivity contribution is -0.142. The predicted molar refractivity (Wildman–Crippen MR) is 59.8 cm³/mol. The van der Waals surface area contributed by atoms with Gasteiger partial charge in [0.15, 0.2) is 0 Å². The van der Waals surface area contributed by atoms with E-state index in [0.29, 0.717) is 0 Å². The summed E-state index contributed by atoms with van der Waals surface area (Å²) in [5, 5.41) is 8.94. The number of carboxylic acids is 1. The molecule has 0 spiro atoms. The molecule has 3 nitrogen and oxygen atoms in total. The Bertz CT molecular complexity index is 187. The Labute approximate surface area is 89.9 Å². The van der Waals surface area contributed by atoms with Crippen LogP contribution in [-0.4, -0.2) is 46.6 Å². The lowest BCUT2D eigenvalue weighted by Crippen LogP contribution is -2.36. The minimum absolute atomic E-state index is 0.207. The summed E-state index contributed by atoms with van der Waals surface area (Å²) in [6.07, 6.45) is 2.98. The maximum atomic E-state index is 10.9. The van der Waals surface area contributed by atoms with E-state index in [4.69, 9.17) is 5.11 Å². The molecule has 0 saturated carbocycles. The van der Waals surface area contributed by atoms with Crippen molar-refractivity contribution in [1.29, 1.82) is 0 Å². The molecule has 0 amide bonds. The van der Waals surface area contributed by atoms with Crippen LogP contribution in [0.4, 0.5) is 0 Å². The van der Waals surface area contributed by atoms with E-state index in [-0.39, 0.29) is 6.04 Å². The maximum absolute atomic E-state index is 10.9. The van der Waals surface area contributed by atoms with Gasteiger partial charge < -0.3 is 5.11 Å². The van der Waals surface area contributed by atoms with E-state index in [2.05, 4.69) is 11.8 Å². The van der Waals surface area contributed by atoms with Crippen LogP contribution in [-0.2, 0) is 4.79 Å². The van der Waals surface area contributed by atoms with Crippen molar-refractivity contribution in [2.45, 2.75) is 32.2 Å². The van der Waals surface area contributed by atoms with Crippen LogP contribution in [0.5, 0.6) is 0 Å². The standard InChI is InChI=1S/C10H19NO2S/c1-2-14-8-4-7-11-6-3-5-9(11)10(12)13/h9H,2-8H2,1H3,(H,12,13)/t9-/m0/s1. The van der Waals surface area contributed by atoms with Crippen LogP contribution in [0.3, 0.4) is 0 Å². The summed E-state index contributed by atoms with van der Waals surface area (Å²) in [5.41, 5.74) is 0. The Balaban J connectivity index is 2.19. The third kappa shape index (κ3) is 3.50. The van der Waals surface area contributed by atoms with Crippen LogP contribution in [0.1, 0.15) is 26.2 Å². The minimum Gasteiger partial charge on any atom is -0.480 e. The monoisotopic (exact) mass is 217 g/mol. The maximum Gasteiger partial charge on any atom is 0.320 e. The van der Waals surface area contributed by atoms with Gasteiger partial charge in [-0.1, -0.05) is 6.92 Å². The van der Waals surface area contributed by atoms with E-state index in [1.165, 1.54) is 0 Å². The number of likely N-dealkylation sites (tertiary alicyclic amines) is 1. The number of hydrogen-bond acceptors (Lipinski definition) is 3. The van der Waals surface area contributed by atoms with Crippen LogP contribution in [0.2, 0.25) is 0 Å². The van der Waals surface area contributed by atoms with Crippen molar-refractivity contribution in [3.8, 4) is 0 Å². The highest BCUT2D eigenvalue weighted by Gasteiger charge is 2.29. The second kappa shape index (κ2) is 6.30. The summed E-state index contributed by atoms with van der Waals surface area (Å²) in [7, 11) is 0. The molecule has 1 fully saturated rings. The molecule has 4 heteroatoms. The zero-order chi connectivity index (χ0) is 10.4. The first-order valence-electron chi connectivity index (χ1n) is 5.30. The Morgan fingerprint density at radius 2 is 2.43 bits per heavy atom. The molecule has 1 saturated heterocycles. The number of nitrogens with zero attached hydrogens (tertiary/aromatic N) is 1. The van der Waals surface area contributed by atoms with Crippen molar-refractivity contribution in [2.75, 3.05) is 24.6 Å². The first-order chi connectivity index (χ1) is 6.75. The average Bonchev–Trinajstić information content (AvgIpc) is 2.60. The van der Waals surface area contributed by atoms with E-state index >= 15 is 0 Å². The first-order valence-corrected chi connectivity index (χ1v) is 6.45. The number of carboxylic acid groups (broad SMARTS) is 1. The van der Waals surface area contributed by atoms with Gasteiger partial charge in [-0.05, 0) is 43.9 Å². The highest BCUT2D eigenvalue weighted by Crippen LogP contribution is 2.17. The molecule has 1 heterocycles. The molecule has 14 heavy (non-hydrogen) atoms. The lowest BCUT2D eigenvalue weighted by atomic mass is 10.2. The zero-order valence-corrected chi connectivity index (χ0v) is 9.55. The second-order valence-electron chi connectivity index (χ2n) is 3.58. The van der Waals surface area contributed by atoms with E-state index in [1.807, 2.05) is 11.8 Å². The van der Waals surface area contributed by atoms with Crippen LogP contribution in [0, 0.1) is 0 Å². The van der Waals surface area contributed by atoms with Crippen molar-refractivity contribution in [2.24, 2.45) is 0 Å². The summed E-state index contributed by atoms with van der Waals surface area (Å²) in [5.74, 6) is 1.66. The normalized spacial score (nSPS) is 22.8. The van der Waals surface area contributed by atoms with Crippen LogP contribution < -0.4 is 0 Å². The van der Waals surface area contributed by atoms with E-state index in [9.17, 15) is 4.79 Å². The van der Waals surface area contributed by atoms with Gasteiger partial charge in [-0.3, -0.25) is 9.69 Å². The van der Waals surface area contributed by atoms with Gasteiger partial charge >= 0.3 is 5.97 Å². The summed E-state index contributed by atoms with van der Waals surface area (Å²) in [6.45, 7) is 4.07. The second-order valence-corrected chi connectivity index (χ2v) is 4.98. The molecule has 0 unspecified atom stereocenters. The molecule has 82 valence electrons. The smallest absolute Gasteiger partial charge is 0.320 e. The highest BCUT2D eigenvalue weighted by molar-refractivity contribution is 7.99. The Morgan fingerprint density at radius 1 is 1.64 bits per heavy atom. The minimum atomic E-state index is -0.648. The zero-order valence-electron chi connectivity index (χ0n) is 8.74. The van der Waals surface area contributed by atoms with Crippen LogP contribution in [0.25, 0.3) is 0 Å². The first kappa shape index (κ1) is 11.9. The Hall–Kier alpha value is -0.220. The molecule has 0 aliphatic carbocycles. The average molecular weight is 217 g/mol. The van der Waals surface area contributed by atoms with Gasteiger partial charge in [0.1, 0.15) is 6.04 Å². The summed E-state index contributed by atoms with van der Waals surface area (Å²) in [4.78, 5) is 13.0. The molecule has 0 radical (unpaired) electrons. The van der Waals surface area contributed by atoms with Crippen molar-refractivity contribution in [3.05, 3.63) is 0 Å². The summed E-state index contributed by atoms with van der Waals surface area (Å²) >= 11 is 1.93. The fourth-order valence-electron chi connectivity index (χ4n) is 1.89. The van der Waals surface area contributed by atoms with Gasteiger partial charge in [0.05, 0.1) is 0 Å². The highest BCUT2D eigenvalue weighted by atomic mass is 32.2. The number of thioether (sulfide) groups is 1. The fraction of sp³-hybridized carbons (Fsp3) is 0.900. The van der Waals surface area contributed by atoms with Crippen molar-refractivity contribution < 1.29 is 9.90 Å². The molecule has 0 bridgehead atoms. The van der Waals surface area contributed by atoms with Gasteiger partial charge in [0, 0.05) is 0 Å². The SMILES string of the molecule is CCSCCCN1CCC[C@H]1C(=O)O. The predicted octanol–water partition coefficient (Wildman–Crippen LogP) is 1.68. The van der Waals surface area contributed by atoms with Crippen LogP contribution in [0.15, 0.2) is 0 Å². The molecule has 1 aliphatic heterocycles. The van der Waals surface area contributed by atoms with Crippen molar-refractivity contribution in [1.82, 2.24) is 4.90 Å². The molecular formula is C10H19NO2S. The molecule has 1 rings (SSSR count). The fourth-order valence-corrected chi connectivity index (χ4v) is 2.51. The van der Waals surface area contributed by atoms with Gasteiger partial charge in [-0.25, -0.2) is 0 Å². The van der Waals surface area contributed by atoms with Gasteiger partial charge in [-0.15, -0.1) is 0 Å². The van der Waals surface area contributed by atoms with Crippen molar-refractivity contribution in [3.63, 3.8) is 0 Å².